The normalized spacial score (nSPS) is 17.6. The molecule has 2 aliphatic rings. The first-order valence-corrected chi connectivity index (χ1v) is 9.96. The summed E-state index contributed by atoms with van der Waals surface area (Å²) in [7, 11) is 0. The number of likely N-dealkylation sites (tertiary alicyclic amines) is 1. The zero-order valence-corrected chi connectivity index (χ0v) is 17.1. The minimum atomic E-state index is -0.544. The number of carbonyl (C=O) groups is 2. The molecular weight excluding hydrogens is 376 g/mol. The fourth-order valence-corrected chi connectivity index (χ4v) is 3.20. The van der Waals surface area contributed by atoms with E-state index < -0.39 is 10.5 Å². The number of rotatable bonds is 5. The molecule has 2 amide bonds. The Morgan fingerprint density at radius 1 is 1.14 bits per heavy atom. The highest BCUT2D eigenvalue weighted by atomic mass is 16.6. The third-order valence-electron chi connectivity index (χ3n) is 4.88. The van der Waals surface area contributed by atoms with Gasteiger partial charge in [0, 0.05) is 36.8 Å². The highest BCUT2D eigenvalue weighted by molar-refractivity contribution is 5.96. The van der Waals surface area contributed by atoms with E-state index in [4.69, 9.17) is 4.74 Å². The standard InChI is InChI=1S/C20H28N4O5/c1-20(2,3)29-19(26)23-10-8-15(9-11-23)22-18(25)13-4-7-16(21-14-5-6-14)17(12-13)24(27)28/h4,7,12,14-15,21H,5-6,8-11H2,1-3H3,(H,22,25). The summed E-state index contributed by atoms with van der Waals surface area (Å²) in [5.74, 6) is -0.346. The molecule has 29 heavy (non-hydrogen) atoms. The quantitative estimate of drug-likeness (QED) is 0.575. The Morgan fingerprint density at radius 3 is 2.34 bits per heavy atom. The van der Waals surface area contributed by atoms with Crippen molar-refractivity contribution in [3.8, 4) is 0 Å². The molecule has 1 heterocycles. The predicted molar refractivity (Wildman–Crippen MR) is 108 cm³/mol. The molecule has 0 atom stereocenters. The first-order valence-electron chi connectivity index (χ1n) is 9.96. The van der Waals surface area contributed by atoms with Gasteiger partial charge in [-0.1, -0.05) is 0 Å². The van der Waals surface area contributed by atoms with Gasteiger partial charge in [0.05, 0.1) is 4.92 Å². The molecule has 1 aromatic rings. The lowest BCUT2D eigenvalue weighted by molar-refractivity contribution is -0.384. The number of piperidine rings is 1. The van der Waals surface area contributed by atoms with Gasteiger partial charge in [-0.2, -0.15) is 0 Å². The van der Waals surface area contributed by atoms with Gasteiger partial charge in [0.2, 0.25) is 0 Å². The molecule has 2 fully saturated rings. The van der Waals surface area contributed by atoms with E-state index in [1.54, 1.807) is 17.0 Å². The number of anilines is 1. The van der Waals surface area contributed by atoms with Gasteiger partial charge in [-0.3, -0.25) is 14.9 Å². The Bertz CT molecular complexity index is 793. The molecule has 3 rings (SSSR count). The lowest BCUT2D eigenvalue weighted by Crippen LogP contribution is -2.47. The number of amides is 2. The molecule has 0 bridgehead atoms. The van der Waals surface area contributed by atoms with E-state index >= 15 is 0 Å². The first-order chi connectivity index (χ1) is 13.6. The molecule has 0 unspecified atom stereocenters. The van der Waals surface area contributed by atoms with Crippen molar-refractivity contribution in [2.45, 2.75) is 64.1 Å². The zero-order chi connectivity index (χ0) is 21.2. The van der Waals surface area contributed by atoms with E-state index in [0.717, 1.165) is 12.8 Å². The summed E-state index contributed by atoms with van der Waals surface area (Å²) >= 11 is 0. The van der Waals surface area contributed by atoms with Crippen LogP contribution in [0.3, 0.4) is 0 Å². The number of benzene rings is 1. The van der Waals surface area contributed by atoms with Crippen LogP contribution < -0.4 is 10.6 Å². The van der Waals surface area contributed by atoms with Crippen molar-refractivity contribution in [3.05, 3.63) is 33.9 Å². The van der Waals surface area contributed by atoms with Gasteiger partial charge >= 0.3 is 6.09 Å². The summed E-state index contributed by atoms with van der Waals surface area (Å²) in [6, 6.07) is 4.70. The van der Waals surface area contributed by atoms with E-state index in [0.29, 0.717) is 31.6 Å². The number of ether oxygens (including phenoxy) is 1. The molecule has 1 aromatic carbocycles. The minimum absolute atomic E-state index is 0.0930. The Hall–Kier alpha value is -2.84. The SMILES string of the molecule is CC(C)(C)OC(=O)N1CCC(NC(=O)c2ccc(NC3CC3)c([N+](=O)[O-])c2)CC1. The van der Waals surface area contributed by atoms with Crippen LogP contribution in [0.25, 0.3) is 0 Å². The highest BCUT2D eigenvalue weighted by Gasteiger charge is 2.29. The lowest BCUT2D eigenvalue weighted by Gasteiger charge is -2.33. The van der Waals surface area contributed by atoms with Gasteiger partial charge in [-0.05, 0) is 58.6 Å². The number of nitro groups is 1. The van der Waals surface area contributed by atoms with Crippen LogP contribution in [0, 0.1) is 10.1 Å². The highest BCUT2D eigenvalue weighted by Crippen LogP contribution is 2.31. The van der Waals surface area contributed by atoms with E-state index in [1.807, 2.05) is 20.8 Å². The number of nitrogens with zero attached hydrogens (tertiary/aromatic N) is 2. The molecule has 1 saturated heterocycles. The van der Waals surface area contributed by atoms with Crippen LogP contribution in [0.1, 0.15) is 56.8 Å². The van der Waals surface area contributed by atoms with Gasteiger partial charge in [0.1, 0.15) is 11.3 Å². The number of hydrogen-bond acceptors (Lipinski definition) is 6. The van der Waals surface area contributed by atoms with Crippen LogP contribution in [0.15, 0.2) is 18.2 Å². The molecule has 0 radical (unpaired) electrons. The maximum Gasteiger partial charge on any atom is 0.410 e. The fraction of sp³-hybridized carbons (Fsp3) is 0.600. The average Bonchev–Trinajstić information content (AvgIpc) is 3.45. The Labute approximate surface area is 169 Å². The van der Waals surface area contributed by atoms with E-state index in [1.165, 1.54) is 6.07 Å². The molecule has 1 saturated carbocycles. The third-order valence-corrected chi connectivity index (χ3v) is 4.88. The van der Waals surface area contributed by atoms with Gasteiger partial charge in [-0.25, -0.2) is 4.79 Å². The number of nitro benzene ring substituents is 1. The molecule has 1 aliphatic heterocycles. The summed E-state index contributed by atoms with van der Waals surface area (Å²) in [4.78, 5) is 37.2. The summed E-state index contributed by atoms with van der Waals surface area (Å²) in [5.41, 5.74) is 0.0637. The zero-order valence-electron chi connectivity index (χ0n) is 17.1. The van der Waals surface area contributed by atoms with Crippen molar-refractivity contribution in [1.82, 2.24) is 10.2 Å². The maximum absolute atomic E-state index is 12.6. The fourth-order valence-electron chi connectivity index (χ4n) is 3.20. The van der Waals surface area contributed by atoms with E-state index in [9.17, 15) is 19.7 Å². The van der Waals surface area contributed by atoms with Crippen molar-refractivity contribution < 1.29 is 19.2 Å². The molecule has 9 heteroatoms. The van der Waals surface area contributed by atoms with E-state index in [2.05, 4.69) is 10.6 Å². The van der Waals surface area contributed by atoms with E-state index in [-0.39, 0.29) is 35.3 Å². The van der Waals surface area contributed by atoms with Crippen molar-refractivity contribution >= 4 is 23.4 Å². The number of nitrogens with one attached hydrogen (secondary N) is 2. The monoisotopic (exact) mass is 404 g/mol. The second kappa shape index (κ2) is 8.26. The molecule has 0 spiro atoms. The topological polar surface area (TPSA) is 114 Å². The first kappa shape index (κ1) is 20.9. The Morgan fingerprint density at radius 2 is 1.79 bits per heavy atom. The second-order valence-electron chi connectivity index (χ2n) is 8.62. The van der Waals surface area contributed by atoms with Crippen LogP contribution >= 0.6 is 0 Å². The molecule has 2 N–H and O–H groups in total. The van der Waals surface area contributed by atoms with Crippen LogP contribution in [-0.2, 0) is 4.74 Å². The average molecular weight is 404 g/mol. The number of hydrogen-bond donors (Lipinski definition) is 2. The van der Waals surface area contributed by atoms with Crippen molar-refractivity contribution in [2.24, 2.45) is 0 Å². The molecular formula is C20H28N4O5. The summed E-state index contributed by atoms with van der Waals surface area (Å²) in [6.45, 7) is 6.45. The third kappa shape index (κ3) is 5.82. The van der Waals surface area contributed by atoms with Crippen LogP contribution in [0.4, 0.5) is 16.2 Å². The van der Waals surface area contributed by atoms with Gasteiger partial charge in [-0.15, -0.1) is 0 Å². The van der Waals surface area contributed by atoms with Gasteiger partial charge in [0.25, 0.3) is 11.6 Å². The molecule has 158 valence electrons. The minimum Gasteiger partial charge on any atom is -0.444 e. The predicted octanol–water partition coefficient (Wildman–Crippen LogP) is 3.30. The Balaban J connectivity index is 1.56. The summed E-state index contributed by atoms with van der Waals surface area (Å²) in [5, 5.41) is 17.4. The Kier molecular flexibility index (Phi) is 5.95. The lowest BCUT2D eigenvalue weighted by atomic mass is 10.0. The largest absolute Gasteiger partial charge is 0.444 e. The maximum atomic E-state index is 12.6. The second-order valence-corrected chi connectivity index (χ2v) is 8.62. The van der Waals surface area contributed by atoms with Crippen molar-refractivity contribution in [2.75, 3.05) is 18.4 Å². The van der Waals surface area contributed by atoms with Crippen LogP contribution in [0.5, 0.6) is 0 Å². The smallest absolute Gasteiger partial charge is 0.410 e. The van der Waals surface area contributed by atoms with Crippen molar-refractivity contribution in [3.63, 3.8) is 0 Å². The summed E-state index contributed by atoms with van der Waals surface area (Å²) < 4.78 is 5.37. The molecule has 1 aliphatic carbocycles. The molecule has 9 nitrogen and oxygen atoms in total. The van der Waals surface area contributed by atoms with Crippen LogP contribution in [0.2, 0.25) is 0 Å². The van der Waals surface area contributed by atoms with Gasteiger partial charge < -0.3 is 20.3 Å². The molecule has 0 aromatic heterocycles. The summed E-state index contributed by atoms with van der Waals surface area (Å²) in [6.07, 6.45) is 2.86. The van der Waals surface area contributed by atoms with Gasteiger partial charge in [0.15, 0.2) is 0 Å². The number of carbonyl (C=O) groups excluding carboxylic acids is 2. The van der Waals surface area contributed by atoms with Crippen molar-refractivity contribution in [1.29, 1.82) is 0 Å². The van der Waals surface area contributed by atoms with Crippen LogP contribution in [-0.4, -0.2) is 52.6 Å².